The summed E-state index contributed by atoms with van der Waals surface area (Å²) in [5.41, 5.74) is 1.95. The van der Waals surface area contributed by atoms with Crippen LogP contribution in [0, 0.1) is 13.8 Å². The molecule has 1 fully saturated rings. The van der Waals surface area contributed by atoms with Crippen LogP contribution in [0.2, 0.25) is 0 Å². The quantitative estimate of drug-likeness (QED) is 0.834. The van der Waals surface area contributed by atoms with Crippen LogP contribution in [0.5, 0.6) is 0 Å². The van der Waals surface area contributed by atoms with Crippen LogP contribution in [0.15, 0.2) is 23.1 Å². The van der Waals surface area contributed by atoms with Crippen LogP contribution in [0.3, 0.4) is 0 Å². The van der Waals surface area contributed by atoms with E-state index in [0.717, 1.165) is 36.8 Å². The number of rotatable bonds is 2. The van der Waals surface area contributed by atoms with E-state index in [2.05, 4.69) is 0 Å². The van der Waals surface area contributed by atoms with Crippen molar-refractivity contribution < 1.29 is 8.42 Å². The minimum Gasteiger partial charge on any atom is -0.207 e. The van der Waals surface area contributed by atoms with Gasteiger partial charge in [-0.15, -0.1) is 0 Å². The molecule has 0 saturated carbocycles. The minimum absolute atomic E-state index is 0.471. The van der Waals surface area contributed by atoms with Crippen LogP contribution < -0.4 is 0 Å². The SMILES string of the molecule is Cc1ccc(S(=O)(=O)N2CCCCCCC2)c(C)c1. The standard InChI is InChI=1S/C15H23NO2S/c1-13-8-9-15(14(2)12-13)19(17,18)16-10-6-4-3-5-7-11-16/h8-9,12H,3-7,10-11H2,1-2H3. The molecule has 0 aliphatic carbocycles. The van der Waals surface area contributed by atoms with E-state index in [1.54, 1.807) is 10.4 Å². The van der Waals surface area contributed by atoms with Gasteiger partial charge in [-0.1, -0.05) is 37.0 Å². The van der Waals surface area contributed by atoms with Gasteiger partial charge >= 0.3 is 0 Å². The fraction of sp³-hybridized carbons (Fsp3) is 0.600. The van der Waals surface area contributed by atoms with Crippen molar-refractivity contribution in [3.63, 3.8) is 0 Å². The Balaban J connectivity index is 2.29. The Bertz CT molecular complexity index is 529. The lowest BCUT2D eigenvalue weighted by Gasteiger charge is -2.25. The Kier molecular flexibility index (Phi) is 4.63. The van der Waals surface area contributed by atoms with Gasteiger partial charge in [0.2, 0.25) is 10.0 Å². The molecule has 0 N–H and O–H groups in total. The van der Waals surface area contributed by atoms with E-state index in [-0.39, 0.29) is 0 Å². The molecule has 1 aliphatic heterocycles. The molecule has 1 aromatic rings. The molecule has 0 bridgehead atoms. The van der Waals surface area contributed by atoms with E-state index in [1.165, 1.54) is 6.42 Å². The number of hydrogen-bond donors (Lipinski definition) is 0. The number of benzene rings is 1. The highest BCUT2D eigenvalue weighted by molar-refractivity contribution is 7.89. The van der Waals surface area contributed by atoms with E-state index >= 15 is 0 Å². The molecule has 0 atom stereocenters. The van der Waals surface area contributed by atoms with Gasteiger partial charge in [-0.3, -0.25) is 0 Å². The maximum atomic E-state index is 12.7. The molecule has 19 heavy (non-hydrogen) atoms. The first-order valence-electron chi connectivity index (χ1n) is 7.09. The van der Waals surface area contributed by atoms with Gasteiger partial charge in [-0.05, 0) is 38.3 Å². The number of aryl methyl sites for hydroxylation is 2. The first-order valence-corrected chi connectivity index (χ1v) is 8.53. The summed E-state index contributed by atoms with van der Waals surface area (Å²) in [6.45, 7) is 5.19. The van der Waals surface area contributed by atoms with Crippen LogP contribution in [-0.4, -0.2) is 25.8 Å². The fourth-order valence-electron chi connectivity index (χ4n) is 2.69. The van der Waals surface area contributed by atoms with Crippen molar-refractivity contribution in [2.45, 2.75) is 50.8 Å². The van der Waals surface area contributed by atoms with Crippen molar-refractivity contribution in [2.24, 2.45) is 0 Å². The number of hydrogen-bond acceptors (Lipinski definition) is 2. The van der Waals surface area contributed by atoms with Crippen molar-refractivity contribution >= 4 is 10.0 Å². The predicted molar refractivity (Wildman–Crippen MR) is 77.8 cm³/mol. The summed E-state index contributed by atoms with van der Waals surface area (Å²) in [6, 6.07) is 5.57. The summed E-state index contributed by atoms with van der Waals surface area (Å²) in [7, 11) is -3.32. The molecular weight excluding hydrogens is 258 g/mol. The fourth-order valence-corrected chi connectivity index (χ4v) is 4.41. The second-order valence-electron chi connectivity index (χ2n) is 5.44. The first-order chi connectivity index (χ1) is 9.01. The Hall–Kier alpha value is -0.870. The summed E-state index contributed by atoms with van der Waals surface area (Å²) in [6.07, 6.45) is 5.46. The third kappa shape index (κ3) is 3.37. The molecule has 0 amide bonds. The molecular formula is C15H23NO2S. The third-order valence-electron chi connectivity index (χ3n) is 3.76. The molecule has 3 nitrogen and oxygen atoms in total. The zero-order valence-electron chi connectivity index (χ0n) is 11.9. The Morgan fingerprint density at radius 2 is 1.53 bits per heavy atom. The zero-order valence-corrected chi connectivity index (χ0v) is 12.7. The molecule has 106 valence electrons. The van der Waals surface area contributed by atoms with Crippen LogP contribution in [0.25, 0.3) is 0 Å². The number of sulfonamides is 1. The lowest BCUT2D eigenvalue weighted by Crippen LogP contribution is -2.34. The van der Waals surface area contributed by atoms with E-state index in [1.807, 2.05) is 26.0 Å². The molecule has 1 aromatic carbocycles. The average Bonchev–Trinajstić information content (AvgIpc) is 2.26. The maximum Gasteiger partial charge on any atom is 0.243 e. The molecule has 2 rings (SSSR count). The van der Waals surface area contributed by atoms with Crippen molar-refractivity contribution in [1.82, 2.24) is 4.31 Å². The molecule has 0 radical (unpaired) electrons. The lowest BCUT2D eigenvalue weighted by molar-refractivity contribution is 0.364. The maximum absolute atomic E-state index is 12.7. The smallest absolute Gasteiger partial charge is 0.207 e. The molecule has 1 heterocycles. The Morgan fingerprint density at radius 1 is 0.947 bits per heavy atom. The Morgan fingerprint density at radius 3 is 2.11 bits per heavy atom. The summed E-state index contributed by atoms with van der Waals surface area (Å²) in [4.78, 5) is 0.471. The van der Waals surface area contributed by atoms with E-state index in [4.69, 9.17) is 0 Å². The van der Waals surface area contributed by atoms with E-state index in [9.17, 15) is 8.42 Å². The highest BCUT2D eigenvalue weighted by atomic mass is 32.2. The van der Waals surface area contributed by atoms with Crippen LogP contribution in [-0.2, 0) is 10.0 Å². The van der Waals surface area contributed by atoms with Gasteiger partial charge in [-0.25, -0.2) is 8.42 Å². The van der Waals surface area contributed by atoms with Crippen LogP contribution >= 0.6 is 0 Å². The van der Waals surface area contributed by atoms with Crippen LogP contribution in [0.4, 0.5) is 0 Å². The Labute approximate surface area is 116 Å². The molecule has 1 saturated heterocycles. The third-order valence-corrected chi connectivity index (χ3v) is 5.82. The number of nitrogens with zero attached hydrogens (tertiary/aromatic N) is 1. The van der Waals surface area contributed by atoms with Gasteiger partial charge in [0.15, 0.2) is 0 Å². The van der Waals surface area contributed by atoms with Gasteiger partial charge in [-0.2, -0.15) is 4.31 Å². The summed E-state index contributed by atoms with van der Waals surface area (Å²) >= 11 is 0. The second kappa shape index (κ2) is 6.06. The first kappa shape index (κ1) is 14.5. The van der Waals surface area contributed by atoms with Gasteiger partial charge in [0.25, 0.3) is 0 Å². The predicted octanol–water partition coefficient (Wildman–Crippen LogP) is 3.26. The summed E-state index contributed by atoms with van der Waals surface area (Å²) in [5, 5.41) is 0. The van der Waals surface area contributed by atoms with Gasteiger partial charge in [0.1, 0.15) is 0 Å². The van der Waals surface area contributed by atoms with Gasteiger partial charge in [0.05, 0.1) is 4.90 Å². The zero-order chi connectivity index (χ0) is 13.9. The second-order valence-corrected chi connectivity index (χ2v) is 7.35. The van der Waals surface area contributed by atoms with Gasteiger partial charge < -0.3 is 0 Å². The van der Waals surface area contributed by atoms with Crippen molar-refractivity contribution in [3.8, 4) is 0 Å². The van der Waals surface area contributed by atoms with E-state index < -0.39 is 10.0 Å². The molecule has 1 aliphatic rings. The largest absolute Gasteiger partial charge is 0.243 e. The topological polar surface area (TPSA) is 37.4 Å². The normalized spacial score (nSPS) is 18.8. The molecule has 4 heteroatoms. The molecule has 0 spiro atoms. The van der Waals surface area contributed by atoms with Crippen LogP contribution in [0.1, 0.15) is 43.2 Å². The van der Waals surface area contributed by atoms with Crippen molar-refractivity contribution in [2.75, 3.05) is 13.1 Å². The highest BCUT2D eigenvalue weighted by Crippen LogP contribution is 2.23. The summed E-state index contributed by atoms with van der Waals surface area (Å²) < 4.78 is 27.1. The highest BCUT2D eigenvalue weighted by Gasteiger charge is 2.25. The van der Waals surface area contributed by atoms with Gasteiger partial charge in [0, 0.05) is 13.1 Å². The lowest BCUT2D eigenvalue weighted by atomic mass is 10.1. The average molecular weight is 281 g/mol. The summed E-state index contributed by atoms with van der Waals surface area (Å²) in [5.74, 6) is 0. The van der Waals surface area contributed by atoms with Crippen molar-refractivity contribution in [3.05, 3.63) is 29.3 Å². The minimum atomic E-state index is -3.32. The van der Waals surface area contributed by atoms with Crippen molar-refractivity contribution in [1.29, 1.82) is 0 Å². The molecule has 0 aromatic heterocycles. The van der Waals surface area contributed by atoms with E-state index in [0.29, 0.717) is 18.0 Å². The monoisotopic (exact) mass is 281 g/mol. The molecule has 0 unspecified atom stereocenters.